The Kier molecular flexibility index (Phi) is 4.78. The number of hydrogen-bond acceptors (Lipinski definition) is 4. The van der Waals surface area contributed by atoms with Crippen LogP contribution in [0.5, 0.6) is 0 Å². The molecule has 0 unspecified atom stereocenters. The highest BCUT2D eigenvalue weighted by atomic mass is 32.1. The van der Waals surface area contributed by atoms with E-state index in [0.29, 0.717) is 11.5 Å². The van der Waals surface area contributed by atoms with Crippen LogP contribution in [-0.2, 0) is 9.53 Å². The monoisotopic (exact) mass is 240 g/mol. The highest BCUT2D eigenvalue weighted by molar-refractivity contribution is 7.93. The Morgan fingerprint density at radius 2 is 1.87 bits per heavy atom. The third-order valence-corrected chi connectivity index (χ3v) is 2.80. The maximum absolute atomic E-state index is 11.4. The lowest BCUT2D eigenvalue weighted by Gasteiger charge is -2.05. The quantitative estimate of drug-likeness (QED) is 0.483. The minimum Gasteiger partial charge on any atom is -0.462 e. The number of benzene rings is 1. The molecule has 4 heteroatoms. The van der Waals surface area contributed by atoms with Gasteiger partial charge in [0.2, 0.25) is 0 Å². The summed E-state index contributed by atoms with van der Waals surface area (Å²) < 4.78 is 4.82. The van der Waals surface area contributed by atoms with E-state index >= 15 is 0 Å². The van der Waals surface area contributed by atoms with Gasteiger partial charge in [-0.15, -0.1) is 25.3 Å². The molecular weight excluding hydrogens is 228 g/mol. The van der Waals surface area contributed by atoms with Crippen LogP contribution in [-0.4, -0.2) is 12.6 Å². The van der Waals surface area contributed by atoms with Crippen LogP contribution in [0.15, 0.2) is 35.2 Å². The van der Waals surface area contributed by atoms with E-state index in [2.05, 4.69) is 25.3 Å². The fourth-order valence-corrected chi connectivity index (χ4v) is 1.46. The average molecular weight is 240 g/mol. The van der Waals surface area contributed by atoms with Gasteiger partial charge in [0, 0.05) is 4.91 Å². The van der Waals surface area contributed by atoms with Crippen molar-refractivity contribution in [3.8, 4) is 0 Å². The van der Waals surface area contributed by atoms with Gasteiger partial charge in [0.15, 0.2) is 0 Å². The summed E-state index contributed by atoms with van der Waals surface area (Å²) in [4.78, 5) is 12.1. The number of ether oxygens (including phenoxy) is 1. The van der Waals surface area contributed by atoms with Gasteiger partial charge in [-0.2, -0.15) is 0 Å². The first-order valence-electron chi connectivity index (χ1n) is 4.51. The van der Waals surface area contributed by atoms with E-state index in [-0.39, 0.29) is 4.91 Å². The van der Waals surface area contributed by atoms with Gasteiger partial charge >= 0.3 is 5.97 Å². The second-order valence-corrected chi connectivity index (χ2v) is 3.68. The van der Waals surface area contributed by atoms with Gasteiger partial charge in [0.05, 0.1) is 6.61 Å². The number of carbonyl (C=O) groups is 1. The van der Waals surface area contributed by atoms with Gasteiger partial charge in [-0.25, -0.2) is 4.79 Å². The normalized spacial score (nSPS) is 11.9. The zero-order valence-corrected chi connectivity index (χ0v) is 10.1. The van der Waals surface area contributed by atoms with Crippen molar-refractivity contribution in [3.05, 3.63) is 40.8 Å². The van der Waals surface area contributed by atoms with Crippen LogP contribution in [0, 0.1) is 0 Å². The highest BCUT2D eigenvalue weighted by Crippen LogP contribution is 2.25. The average Bonchev–Trinajstić information content (AvgIpc) is 2.28. The molecule has 0 saturated heterocycles. The van der Waals surface area contributed by atoms with Crippen molar-refractivity contribution < 1.29 is 9.53 Å². The van der Waals surface area contributed by atoms with Gasteiger partial charge in [-0.3, -0.25) is 0 Å². The minimum atomic E-state index is -0.449. The molecule has 0 N–H and O–H groups in total. The summed E-state index contributed by atoms with van der Waals surface area (Å²) in [5.41, 5.74) is 0.846. The van der Waals surface area contributed by atoms with E-state index in [1.54, 1.807) is 6.92 Å². The third-order valence-electron chi connectivity index (χ3n) is 1.74. The first-order chi connectivity index (χ1) is 7.16. The Labute approximate surface area is 100 Å². The predicted molar refractivity (Wildman–Crippen MR) is 68.0 cm³/mol. The Balaban J connectivity index is 2.95. The van der Waals surface area contributed by atoms with E-state index in [1.165, 1.54) is 0 Å². The van der Waals surface area contributed by atoms with Gasteiger partial charge in [0.25, 0.3) is 0 Å². The molecule has 0 bridgehead atoms. The van der Waals surface area contributed by atoms with Gasteiger partial charge in [-0.05, 0) is 12.5 Å². The first kappa shape index (κ1) is 12.2. The van der Waals surface area contributed by atoms with Gasteiger partial charge in [0.1, 0.15) is 4.91 Å². The van der Waals surface area contributed by atoms with Crippen molar-refractivity contribution in [1.29, 1.82) is 0 Å². The first-order valence-corrected chi connectivity index (χ1v) is 5.41. The molecule has 1 aromatic carbocycles. The van der Waals surface area contributed by atoms with Crippen molar-refractivity contribution in [1.82, 2.24) is 0 Å². The van der Waals surface area contributed by atoms with Crippen LogP contribution in [0.3, 0.4) is 0 Å². The maximum Gasteiger partial charge on any atom is 0.345 e. The summed E-state index contributed by atoms with van der Waals surface area (Å²) in [6, 6.07) is 9.36. The van der Waals surface area contributed by atoms with Crippen LogP contribution in [0.1, 0.15) is 12.5 Å². The van der Waals surface area contributed by atoms with Gasteiger partial charge in [-0.1, -0.05) is 30.3 Å². The van der Waals surface area contributed by atoms with Crippen LogP contribution in [0.2, 0.25) is 0 Å². The van der Waals surface area contributed by atoms with Crippen molar-refractivity contribution in [2.45, 2.75) is 6.92 Å². The molecule has 0 aliphatic carbocycles. The molecule has 0 aliphatic heterocycles. The summed E-state index contributed by atoms with van der Waals surface area (Å²) in [5, 5.41) is 0. The molecule has 0 radical (unpaired) electrons. The molecule has 0 aromatic heterocycles. The Morgan fingerprint density at radius 1 is 1.27 bits per heavy atom. The number of thiol groups is 2. The Bertz CT molecular complexity index is 371. The van der Waals surface area contributed by atoms with Crippen LogP contribution >= 0.6 is 25.3 Å². The van der Waals surface area contributed by atoms with Crippen LogP contribution in [0.4, 0.5) is 0 Å². The van der Waals surface area contributed by atoms with E-state index in [9.17, 15) is 4.79 Å². The molecule has 2 nitrogen and oxygen atoms in total. The second kappa shape index (κ2) is 5.88. The van der Waals surface area contributed by atoms with E-state index in [1.807, 2.05) is 30.3 Å². The number of esters is 1. The summed E-state index contributed by atoms with van der Waals surface area (Å²) in [7, 11) is 0. The summed E-state index contributed by atoms with van der Waals surface area (Å²) in [5.74, 6) is -0.449. The summed E-state index contributed by atoms with van der Waals surface area (Å²) >= 11 is 8.34. The molecule has 0 aliphatic rings. The topological polar surface area (TPSA) is 26.3 Å². The summed E-state index contributed by atoms with van der Waals surface area (Å²) in [6.07, 6.45) is 0. The predicted octanol–water partition coefficient (Wildman–Crippen LogP) is 2.78. The fourth-order valence-electron chi connectivity index (χ4n) is 1.03. The molecule has 15 heavy (non-hydrogen) atoms. The molecule has 0 spiro atoms. The smallest absolute Gasteiger partial charge is 0.345 e. The molecule has 80 valence electrons. The zero-order valence-electron chi connectivity index (χ0n) is 8.30. The largest absolute Gasteiger partial charge is 0.462 e. The fraction of sp³-hybridized carbons (Fsp3) is 0.182. The minimum absolute atomic E-state index is 0.228. The molecule has 1 aromatic rings. The summed E-state index contributed by atoms with van der Waals surface area (Å²) in [6.45, 7) is 2.08. The maximum atomic E-state index is 11.4. The Morgan fingerprint density at radius 3 is 2.40 bits per heavy atom. The number of carbonyl (C=O) groups excluding carboxylic acids is 1. The molecule has 0 atom stereocenters. The lowest BCUT2D eigenvalue weighted by molar-refractivity contribution is -0.137. The van der Waals surface area contributed by atoms with Crippen molar-refractivity contribution in [2.75, 3.05) is 6.61 Å². The highest BCUT2D eigenvalue weighted by Gasteiger charge is 2.11. The molecule has 0 heterocycles. The van der Waals surface area contributed by atoms with Crippen molar-refractivity contribution in [3.63, 3.8) is 0 Å². The van der Waals surface area contributed by atoms with Crippen molar-refractivity contribution in [2.24, 2.45) is 0 Å². The van der Waals surface area contributed by atoms with E-state index < -0.39 is 5.97 Å². The Hall–Kier alpha value is -0.870. The molecule has 0 amide bonds. The number of hydrogen-bond donors (Lipinski definition) is 2. The van der Waals surface area contributed by atoms with E-state index in [4.69, 9.17) is 4.74 Å². The SMILES string of the molecule is CCOC(=O)/C(S)=C(/S)c1ccccc1. The lowest BCUT2D eigenvalue weighted by Crippen LogP contribution is -2.04. The van der Waals surface area contributed by atoms with Crippen LogP contribution in [0.25, 0.3) is 4.91 Å². The molecule has 0 fully saturated rings. The van der Waals surface area contributed by atoms with Crippen LogP contribution < -0.4 is 0 Å². The van der Waals surface area contributed by atoms with E-state index in [0.717, 1.165) is 5.56 Å². The van der Waals surface area contributed by atoms with Crippen molar-refractivity contribution >= 4 is 36.1 Å². The third kappa shape index (κ3) is 3.32. The lowest BCUT2D eigenvalue weighted by atomic mass is 10.2. The van der Waals surface area contributed by atoms with Gasteiger partial charge < -0.3 is 4.74 Å². The molecule has 0 saturated carbocycles. The number of rotatable bonds is 3. The zero-order chi connectivity index (χ0) is 11.3. The standard InChI is InChI=1S/C11H12O2S2/c1-2-13-11(12)10(15)9(14)8-6-4-3-5-7-8/h3-7,14-15H,2H2,1H3/b10-9-. The molecular formula is C11H12O2S2. The second-order valence-electron chi connectivity index (χ2n) is 2.78. The molecule has 1 rings (SSSR count).